The van der Waals surface area contributed by atoms with Crippen LogP contribution in [0.5, 0.6) is 0 Å². The number of hydrogen-bond donors (Lipinski definition) is 1. The summed E-state index contributed by atoms with van der Waals surface area (Å²) in [5.41, 5.74) is 5.03. The van der Waals surface area contributed by atoms with Crippen LogP contribution < -0.4 is 5.32 Å². The fourth-order valence-electron chi connectivity index (χ4n) is 2.67. The van der Waals surface area contributed by atoms with Gasteiger partial charge in [-0.15, -0.1) is 0 Å². The molecule has 0 aliphatic carbocycles. The van der Waals surface area contributed by atoms with E-state index >= 15 is 0 Å². The van der Waals surface area contributed by atoms with Crippen molar-refractivity contribution in [3.63, 3.8) is 0 Å². The number of rotatable bonds is 1. The maximum Gasteiger partial charge on any atom is 0.446 e. The minimum atomic E-state index is -4.64. The highest BCUT2D eigenvalue weighted by Gasteiger charge is 2.25. The zero-order chi connectivity index (χ0) is 16.2. The average Bonchev–Trinajstić information content (AvgIpc) is 2.94. The molecule has 0 spiro atoms. The second-order valence-electron chi connectivity index (χ2n) is 5.38. The Bertz CT molecular complexity index is 564. The Morgan fingerprint density at radius 2 is 1.95 bits per heavy atom. The molecule has 3 rings (SSSR count). The molecule has 0 saturated carbocycles. The van der Waals surface area contributed by atoms with E-state index < -0.39 is 12.5 Å². The summed E-state index contributed by atoms with van der Waals surface area (Å²) in [4.78, 5) is 17.8. The van der Waals surface area contributed by atoms with Gasteiger partial charge in [0.05, 0.1) is 12.2 Å². The van der Waals surface area contributed by atoms with Crippen molar-refractivity contribution < 1.29 is 18.0 Å². The molecule has 2 aliphatic heterocycles. The number of carbonyl (C=O) groups is 1. The first-order chi connectivity index (χ1) is 10.4. The zero-order valence-electron chi connectivity index (χ0n) is 12.3. The molecule has 3 heterocycles. The number of piperidine rings is 1. The molecular weight excluding hydrogens is 295 g/mol. The molecule has 2 aliphatic rings. The molecule has 1 fully saturated rings. The van der Waals surface area contributed by atoms with Crippen molar-refractivity contribution in [3.8, 4) is 0 Å². The Morgan fingerprint density at radius 1 is 1.32 bits per heavy atom. The van der Waals surface area contributed by atoms with Crippen LogP contribution in [0.3, 0.4) is 0 Å². The third-order valence-electron chi connectivity index (χ3n) is 3.70. The van der Waals surface area contributed by atoms with Crippen LogP contribution in [0.25, 0.3) is 0 Å². The predicted molar refractivity (Wildman–Crippen MR) is 77.2 cm³/mol. The van der Waals surface area contributed by atoms with Crippen LogP contribution in [0.2, 0.25) is 0 Å². The summed E-state index contributed by atoms with van der Waals surface area (Å²) >= 11 is 0. The van der Waals surface area contributed by atoms with Gasteiger partial charge in [0.1, 0.15) is 0 Å². The average molecular weight is 313 g/mol. The summed E-state index contributed by atoms with van der Waals surface area (Å²) in [7, 11) is 0. The van der Waals surface area contributed by atoms with Crippen LogP contribution in [0.4, 0.5) is 13.2 Å². The van der Waals surface area contributed by atoms with Crippen LogP contribution in [-0.2, 0) is 11.3 Å². The van der Waals surface area contributed by atoms with E-state index in [4.69, 9.17) is 9.78 Å². The van der Waals surface area contributed by atoms with Gasteiger partial charge in [-0.05, 0) is 44.5 Å². The van der Waals surface area contributed by atoms with Crippen molar-refractivity contribution in [2.75, 3.05) is 13.1 Å². The molecular formula is C15H18F3N3O. The molecule has 0 amide bonds. The second kappa shape index (κ2) is 7.00. The van der Waals surface area contributed by atoms with Crippen molar-refractivity contribution in [1.82, 2.24) is 10.3 Å². The molecule has 1 aromatic rings. The van der Waals surface area contributed by atoms with E-state index in [9.17, 15) is 13.2 Å². The first kappa shape index (κ1) is 16.6. The van der Waals surface area contributed by atoms with Gasteiger partial charge in [-0.1, -0.05) is 0 Å². The topological polar surface area (TPSA) is 54.4 Å². The number of nitrogens with zero attached hydrogens (tertiary/aromatic N) is 2. The smallest absolute Gasteiger partial charge is 0.317 e. The Hall–Kier alpha value is -1.76. The number of nitrogens with one attached hydrogen (secondary N) is 1. The minimum absolute atomic E-state index is 0.646. The molecule has 1 saturated heterocycles. The molecule has 0 atom stereocenters. The van der Waals surface area contributed by atoms with Gasteiger partial charge >= 0.3 is 6.18 Å². The Morgan fingerprint density at radius 3 is 2.55 bits per heavy atom. The minimum Gasteiger partial charge on any atom is -0.317 e. The van der Waals surface area contributed by atoms with E-state index in [1.54, 1.807) is 0 Å². The summed E-state index contributed by atoms with van der Waals surface area (Å²) in [6.45, 7) is 5.20. The number of pyridine rings is 1. The SMILES string of the molecule is Cc1cc2c(nc1C1CCNCC1)CN=C2.O=CC(F)(F)F. The van der Waals surface area contributed by atoms with Crippen LogP contribution >= 0.6 is 0 Å². The molecule has 0 bridgehead atoms. The summed E-state index contributed by atoms with van der Waals surface area (Å²) in [6, 6.07) is 2.25. The largest absolute Gasteiger partial charge is 0.446 e. The molecule has 7 heteroatoms. The summed E-state index contributed by atoms with van der Waals surface area (Å²) < 4.78 is 31.2. The van der Waals surface area contributed by atoms with Crippen molar-refractivity contribution in [1.29, 1.82) is 0 Å². The number of carbonyl (C=O) groups excluding carboxylic acids is 1. The maximum atomic E-state index is 10.4. The highest BCUT2D eigenvalue weighted by Crippen LogP contribution is 2.28. The summed E-state index contributed by atoms with van der Waals surface area (Å²) in [5.74, 6) is 0.646. The number of aliphatic imine (C=N–C) groups is 1. The monoisotopic (exact) mass is 313 g/mol. The van der Waals surface area contributed by atoms with Gasteiger partial charge in [0.2, 0.25) is 6.29 Å². The number of halogens is 3. The van der Waals surface area contributed by atoms with E-state index in [-0.39, 0.29) is 0 Å². The first-order valence-electron chi connectivity index (χ1n) is 7.14. The van der Waals surface area contributed by atoms with Crippen molar-refractivity contribution in [3.05, 3.63) is 28.6 Å². The summed E-state index contributed by atoms with van der Waals surface area (Å²) in [5, 5.41) is 3.40. The highest BCUT2D eigenvalue weighted by molar-refractivity contribution is 5.83. The molecule has 22 heavy (non-hydrogen) atoms. The molecule has 120 valence electrons. The third-order valence-corrected chi connectivity index (χ3v) is 3.70. The molecule has 0 aromatic carbocycles. The Kier molecular flexibility index (Phi) is 5.28. The number of alkyl halides is 3. The first-order valence-corrected chi connectivity index (χ1v) is 7.14. The van der Waals surface area contributed by atoms with Gasteiger partial charge in [-0.25, -0.2) is 0 Å². The molecule has 1 N–H and O–H groups in total. The molecule has 4 nitrogen and oxygen atoms in total. The zero-order valence-corrected chi connectivity index (χ0v) is 12.3. The molecule has 1 aromatic heterocycles. The fourth-order valence-corrected chi connectivity index (χ4v) is 2.67. The third kappa shape index (κ3) is 4.37. The van der Waals surface area contributed by atoms with E-state index in [1.165, 1.54) is 35.4 Å². The number of hydrogen-bond acceptors (Lipinski definition) is 4. The molecule has 0 radical (unpaired) electrons. The van der Waals surface area contributed by atoms with Crippen LogP contribution in [-0.4, -0.2) is 36.8 Å². The van der Waals surface area contributed by atoms with Gasteiger partial charge in [-0.2, -0.15) is 13.2 Å². The van der Waals surface area contributed by atoms with Crippen molar-refractivity contribution >= 4 is 12.5 Å². The van der Waals surface area contributed by atoms with Crippen molar-refractivity contribution in [2.24, 2.45) is 4.99 Å². The predicted octanol–water partition coefficient (Wildman–Crippen LogP) is 2.54. The quantitative estimate of drug-likeness (QED) is 0.811. The number of aromatic nitrogens is 1. The van der Waals surface area contributed by atoms with Crippen LogP contribution in [0, 0.1) is 6.92 Å². The molecule has 0 unspecified atom stereocenters. The highest BCUT2D eigenvalue weighted by atomic mass is 19.4. The number of aldehydes is 1. The van der Waals surface area contributed by atoms with E-state index in [0.717, 1.165) is 19.6 Å². The van der Waals surface area contributed by atoms with Crippen molar-refractivity contribution in [2.45, 2.75) is 38.4 Å². The number of aryl methyl sites for hydroxylation is 1. The lowest BCUT2D eigenvalue weighted by Crippen LogP contribution is -2.27. The van der Waals surface area contributed by atoms with E-state index in [1.807, 2.05) is 6.21 Å². The van der Waals surface area contributed by atoms with E-state index in [0.29, 0.717) is 5.92 Å². The summed E-state index contributed by atoms with van der Waals surface area (Å²) in [6.07, 6.45) is -1.32. The fraction of sp³-hybridized carbons (Fsp3) is 0.533. The lowest BCUT2D eigenvalue weighted by Gasteiger charge is -2.24. The van der Waals surface area contributed by atoms with Gasteiger partial charge < -0.3 is 5.32 Å². The van der Waals surface area contributed by atoms with Gasteiger partial charge in [0.25, 0.3) is 0 Å². The number of fused-ring (bicyclic) bond motifs is 1. The van der Waals surface area contributed by atoms with Gasteiger partial charge in [0, 0.05) is 23.4 Å². The standard InChI is InChI=1S/C13H17N3.C2HF3O/c1-9-6-11-7-15-8-12(11)16-13(9)10-2-4-14-5-3-10;3-2(4,5)1-6/h6-7,10,14H,2-5,8H2,1H3;1H. The van der Waals surface area contributed by atoms with Crippen LogP contribution in [0.15, 0.2) is 11.1 Å². The Balaban J connectivity index is 0.000000254. The Labute approximate surface area is 126 Å². The van der Waals surface area contributed by atoms with Crippen LogP contribution in [0.1, 0.15) is 41.3 Å². The van der Waals surface area contributed by atoms with Gasteiger partial charge in [-0.3, -0.25) is 14.8 Å². The lowest BCUT2D eigenvalue weighted by molar-refractivity contribution is -0.156. The second-order valence-corrected chi connectivity index (χ2v) is 5.38. The maximum absolute atomic E-state index is 10.4. The van der Waals surface area contributed by atoms with Gasteiger partial charge in [0.15, 0.2) is 0 Å². The van der Waals surface area contributed by atoms with E-state index in [2.05, 4.69) is 23.3 Å². The lowest BCUT2D eigenvalue weighted by atomic mass is 9.91. The normalized spacial score (nSPS) is 17.6.